The highest BCUT2D eigenvalue weighted by molar-refractivity contribution is 6.31. The lowest BCUT2D eigenvalue weighted by Gasteiger charge is -2.23. The van der Waals surface area contributed by atoms with Gasteiger partial charge in [-0.2, -0.15) is 0 Å². The Morgan fingerprint density at radius 2 is 1.88 bits per heavy atom. The average molecular weight is 346 g/mol. The molecular weight excluding hydrogens is 322 g/mol. The molecule has 1 amide bonds. The Kier molecular flexibility index (Phi) is 6.62. The summed E-state index contributed by atoms with van der Waals surface area (Å²) in [5.41, 5.74) is 3.11. The second kappa shape index (κ2) is 8.69. The van der Waals surface area contributed by atoms with E-state index in [1.165, 1.54) is 0 Å². The van der Waals surface area contributed by atoms with Gasteiger partial charge < -0.3 is 10.2 Å². The minimum atomic E-state index is -0.232. The van der Waals surface area contributed by atoms with Gasteiger partial charge in [0.1, 0.15) is 5.69 Å². The van der Waals surface area contributed by atoms with E-state index in [4.69, 9.17) is 11.6 Å². The Bertz CT molecular complexity index is 680. The van der Waals surface area contributed by atoms with Crippen LogP contribution >= 0.6 is 11.6 Å². The van der Waals surface area contributed by atoms with Gasteiger partial charge in [0.25, 0.3) is 5.91 Å². The van der Waals surface area contributed by atoms with Crippen molar-refractivity contribution in [1.29, 1.82) is 0 Å². The van der Waals surface area contributed by atoms with E-state index < -0.39 is 0 Å². The highest BCUT2D eigenvalue weighted by Gasteiger charge is 2.11. The topological polar surface area (TPSA) is 45.2 Å². The summed E-state index contributed by atoms with van der Waals surface area (Å²) in [6.07, 6.45) is 3.93. The first-order chi connectivity index (χ1) is 11.5. The molecule has 0 unspecified atom stereocenters. The summed E-state index contributed by atoms with van der Waals surface area (Å²) in [4.78, 5) is 19.0. The first-order valence-electron chi connectivity index (χ1n) is 8.33. The van der Waals surface area contributed by atoms with E-state index >= 15 is 0 Å². The lowest BCUT2D eigenvalue weighted by molar-refractivity contribution is 0.102. The number of anilines is 2. The predicted molar refractivity (Wildman–Crippen MR) is 101 cm³/mol. The minimum Gasteiger partial charge on any atom is -0.370 e. The number of benzene rings is 1. The van der Waals surface area contributed by atoms with Gasteiger partial charge in [0.15, 0.2) is 0 Å². The second-order valence-electron chi connectivity index (χ2n) is 5.80. The lowest BCUT2D eigenvalue weighted by Crippen LogP contribution is -2.25. The van der Waals surface area contributed by atoms with E-state index in [2.05, 4.69) is 29.0 Å². The molecule has 1 aromatic heterocycles. The van der Waals surface area contributed by atoms with Gasteiger partial charge in [-0.15, -0.1) is 0 Å². The summed E-state index contributed by atoms with van der Waals surface area (Å²) in [6.45, 7) is 8.22. The Balaban J connectivity index is 2.12. The predicted octanol–water partition coefficient (Wildman–Crippen LogP) is 4.92. The highest BCUT2D eigenvalue weighted by atomic mass is 35.5. The van der Waals surface area contributed by atoms with Crippen LogP contribution in [0.3, 0.4) is 0 Å². The number of carbonyl (C=O) groups excluding carboxylic acids is 1. The SMILES string of the molecule is CCCN(CCC)c1ccc(C(=O)Nc2cc(Cl)ccc2C)nc1. The van der Waals surface area contributed by atoms with Crippen LogP contribution in [0.4, 0.5) is 11.4 Å². The molecule has 2 aromatic rings. The van der Waals surface area contributed by atoms with Crippen molar-refractivity contribution in [2.45, 2.75) is 33.6 Å². The van der Waals surface area contributed by atoms with Gasteiger partial charge in [-0.1, -0.05) is 31.5 Å². The normalized spacial score (nSPS) is 10.5. The van der Waals surface area contributed by atoms with Crippen molar-refractivity contribution >= 4 is 28.9 Å². The molecule has 4 nitrogen and oxygen atoms in total. The number of nitrogens with zero attached hydrogens (tertiary/aromatic N) is 2. The molecule has 1 aromatic carbocycles. The minimum absolute atomic E-state index is 0.232. The van der Waals surface area contributed by atoms with Gasteiger partial charge in [0.2, 0.25) is 0 Å². The monoisotopic (exact) mass is 345 g/mol. The van der Waals surface area contributed by atoms with Crippen LogP contribution in [0.2, 0.25) is 5.02 Å². The van der Waals surface area contributed by atoms with Crippen molar-refractivity contribution in [3.8, 4) is 0 Å². The molecule has 0 radical (unpaired) electrons. The largest absolute Gasteiger partial charge is 0.370 e. The molecule has 0 aliphatic carbocycles. The molecule has 2 rings (SSSR count). The molecule has 0 aliphatic rings. The molecule has 1 N–H and O–H groups in total. The molecule has 5 heteroatoms. The van der Waals surface area contributed by atoms with E-state index in [0.29, 0.717) is 16.4 Å². The molecule has 0 saturated carbocycles. The fourth-order valence-electron chi connectivity index (χ4n) is 2.53. The third-order valence-corrected chi connectivity index (χ3v) is 4.02. The third kappa shape index (κ3) is 4.71. The fourth-order valence-corrected chi connectivity index (χ4v) is 2.70. The number of carbonyl (C=O) groups is 1. The number of pyridine rings is 1. The van der Waals surface area contributed by atoms with Gasteiger partial charge in [0.05, 0.1) is 11.9 Å². The first-order valence-corrected chi connectivity index (χ1v) is 8.71. The Labute approximate surface area is 148 Å². The number of halogens is 1. The zero-order chi connectivity index (χ0) is 17.5. The van der Waals surface area contributed by atoms with E-state index in [0.717, 1.165) is 37.2 Å². The van der Waals surface area contributed by atoms with Crippen molar-refractivity contribution in [2.24, 2.45) is 0 Å². The third-order valence-electron chi connectivity index (χ3n) is 3.78. The van der Waals surface area contributed by atoms with E-state index in [-0.39, 0.29) is 5.91 Å². The first kappa shape index (κ1) is 18.3. The number of aromatic nitrogens is 1. The van der Waals surface area contributed by atoms with Crippen molar-refractivity contribution in [1.82, 2.24) is 4.98 Å². The molecule has 0 aliphatic heterocycles. The van der Waals surface area contributed by atoms with Crippen LogP contribution in [-0.2, 0) is 0 Å². The van der Waals surface area contributed by atoms with Gasteiger partial charge in [0, 0.05) is 23.8 Å². The quantitative estimate of drug-likeness (QED) is 0.774. The standard InChI is InChI=1S/C19H24ClN3O/c1-4-10-23(11-5-2)16-8-9-17(21-13-16)19(24)22-18-12-15(20)7-6-14(18)3/h6-9,12-13H,4-5,10-11H2,1-3H3,(H,22,24). The molecular formula is C19H24ClN3O. The number of nitrogens with one attached hydrogen (secondary N) is 1. The van der Waals surface area contributed by atoms with Crippen LogP contribution in [0.5, 0.6) is 0 Å². The maximum absolute atomic E-state index is 12.4. The summed E-state index contributed by atoms with van der Waals surface area (Å²) in [7, 11) is 0. The number of hydrogen-bond donors (Lipinski definition) is 1. The summed E-state index contributed by atoms with van der Waals surface area (Å²) >= 11 is 5.99. The van der Waals surface area contributed by atoms with Gasteiger partial charge in [-0.25, -0.2) is 4.98 Å². The average Bonchev–Trinajstić information content (AvgIpc) is 2.58. The maximum atomic E-state index is 12.4. The van der Waals surface area contributed by atoms with Crippen molar-refractivity contribution < 1.29 is 4.79 Å². The molecule has 0 bridgehead atoms. The van der Waals surface area contributed by atoms with Crippen molar-refractivity contribution in [3.63, 3.8) is 0 Å². The molecule has 0 atom stereocenters. The van der Waals surface area contributed by atoms with Crippen molar-refractivity contribution in [3.05, 3.63) is 52.8 Å². The zero-order valence-corrected chi connectivity index (χ0v) is 15.2. The van der Waals surface area contributed by atoms with Crippen LogP contribution in [0.15, 0.2) is 36.5 Å². The van der Waals surface area contributed by atoms with Crippen LogP contribution in [0, 0.1) is 6.92 Å². The van der Waals surface area contributed by atoms with E-state index in [9.17, 15) is 4.79 Å². The molecule has 1 heterocycles. The number of aryl methyl sites for hydroxylation is 1. The second-order valence-corrected chi connectivity index (χ2v) is 6.24. The number of rotatable bonds is 7. The number of amides is 1. The highest BCUT2D eigenvalue weighted by Crippen LogP contribution is 2.21. The summed E-state index contributed by atoms with van der Waals surface area (Å²) in [6, 6.07) is 9.14. The molecule has 128 valence electrons. The maximum Gasteiger partial charge on any atom is 0.274 e. The van der Waals surface area contributed by atoms with Gasteiger partial charge in [-0.05, 0) is 49.6 Å². The molecule has 0 spiro atoms. The van der Waals surface area contributed by atoms with Crippen molar-refractivity contribution in [2.75, 3.05) is 23.3 Å². The number of hydrogen-bond acceptors (Lipinski definition) is 3. The van der Waals surface area contributed by atoms with Gasteiger partial charge in [-0.3, -0.25) is 4.79 Å². The summed E-state index contributed by atoms with van der Waals surface area (Å²) in [5.74, 6) is -0.232. The van der Waals surface area contributed by atoms with Crippen LogP contribution < -0.4 is 10.2 Å². The Hall–Kier alpha value is -2.07. The van der Waals surface area contributed by atoms with Crippen LogP contribution in [0.25, 0.3) is 0 Å². The summed E-state index contributed by atoms with van der Waals surface area (Å²) < 4.78 is 0. The zero-order valence-electron chi connectivity index (χ0n) is 14.5. The molecule has 0 saturated heterocycles. The smallest absolute Gasteiger partial charge is 0.274 e. The summed E-state index contributed by atoms with van der Waals surface area (Å²) in [5, 5.41) is 3.46. The van der Waals surface area contributed by atoms with Crippen LogP contribution in [-0.4, -0.2) is 24.0 Å². The van der Waals surface area contributed by atoms with Crippen LogP contribution in [0.1, 0.15) is 42.7 Å². The lowest BCUT2D eigenvalue weighted by atomic mass is 10.2. The van der Waals surface area contributed by atoms with E-state index in [1.54, 1.807) is 24.4 Å². The molecule has 24 heavy (non-hydrogen) atoms. The van der Waals surface area contributed by atoms with Gasteiger partial charge >= 0.3 is 0 Å². The van der Waals surface area contributed by atoms with E-state index in [1.807, 2.05) is 19.1 Å². The molecule has 0 fully saturated rings. The Morgan fingerprint density at radius 1 is 1.17 bits per heavy atom. The fraction of sp³-hybridized carbons (Fsp3) is 0.368. The Morgan fingerprint density at radius 3 is 2.46 bits per heavy atom.